The Labute approximate surface area is 82.5 Å². The van der Waals surface area contributed by atoms with E-state index in [0.29, 0.717) is 11.8 Å². The summed E-state index contributed by atoms with van der Waals surface area (Å²) in [7, 11) is 0. The highest BCUT2D eigenvalue weighted by Crippen LogP contribution is 2.38. The molecule has 1 saturated heterocycles. The van der Waals surface area contributed by atoms with Crippen LogP contribution in [0.5, 0.6) is 0 Å². The van der Waals surface area contributed by atoms with Crippen molar-refractivity contribution in [3.63, 3.8) is 0 Å². The van der Waals surface area contributed by atoms with Crippen LogP contribution in [0, 0.1) is 5.92 Å². The van der Waals surface area contributed by atoms with Gasteiger partial charge >= 0.3 is 0 Å². The second-order valence-corrected chi connectivity index (χ2v) is 4.08. The molecular formula is C11H12N2O. The fraction of sp³-hybridized carbons (Fsp3) is 0.455. The monoisotopic (exact) mass is 188 g/mol. The zero-order valence-electron chi connectivity index (χ0n) is 7.81. The van der Waals surface area contributed by atoms with E-state index >= 15 is 0 Å². The number of carbonyl (C=O) groups excluding carboxylic acids is 1. The molecule has 0 amide bonds. The Hall–Kier alpha value is -1.22. The fourth-order valence-corrected chi connectivity index (χ4v) is 2.60. The van der Waals surface area contributed by atoms with E-state index < -0.39 is 0 Å². The molecule has 0 radical (unpaired) electrons. The lowest BCUT2D eigenvalue weighted by Gasteiger charge is -2.20. The number of rotatable bonds is 1. The van der Waals surface area contributed by atoms with Gasteiger partial charge in [0.15, 0.2) is 0 Å². The number of nitrogens with one attached hydrogen (secondary N) is 1. The summed E-state index contributed by atoms with van der Waals surface area (Å²) < 4.78 is 0. The molecule has 3 atom stereocenters. The highest BCUT2D eigenvalue weighted by atomic mass is 16.1. The summed E-state index contributed by atoms with van der Waals surface area (Å²) in [5.74, 6) is 0.634. The molecule has 1 saturated carbocycles. The molecule has 3 rings (SSSR count). The molecule has 0 spiro atoms. The largest absolute Gasteiger partial charge is 0.312 e. The first-order valence-electron chi connectivity index (χ1n) is 5.04. The van der Waals surface area contributed by atoms with E-state index in [1.54, 1.807) is 6.20 Å². The minimum atomic E-state index is 0.00921. The van der Waals surface area contributed by atoms with Crippen molar-refractivity contribution >= 4 is 5.78 Å². The summed E-state index contributed by atoms with van der Waals surface area (Å²) in [4.78, 5) is 16.2. The average Bonchev–Trinajstić information content (AvgIpc) is 2.79. The molecule has 2 bridgehead atoms. The molecule has 14 heavy (non-hydrogen) atoms. The maximum atomic E-state index is 11.9. The maximum absolute atomic E-state index is 11.9. The average molecular weight is 188 g/mol. The van der Waals surface area contributed by atoms with Crippen LogP contribution in [0.15, 0.2) is 24.4 Å². The summed E-state index contributed by atoms with van der Waals surface area (Å²) in [6, 6.07) is 6.11. The third kappa shape index (κ3) is 1.02. The van der Waals surface area contributed by atoms with Gasteiger partial charge < -0.3 is 5.32 Å². The molecule has 1 aromatic heterocycles. The number of carbonyl (C=O) groups is 1. The number of fused-ring (bicyclic) bond motifs is 2. The molecular weight excluding hydrogens is 176 g/mol. The molecule has 3 heteroatoms. The quantitative estimate of drug-likeness (QED) is 0.706. The Balaban J connectivity index is 1.97. The molecule has 2 heterocycles. The number of Topliss-reactive ketones (excluding diaryl/α,β-unsaturated/α-hetero) is 1. The summed E-state index contributed by atoms with van der Waals surface area (Å²) in [6.45, 7) is 0.868. The molecule has 2 aliphatic rings. The van der Waals surface area contributed by atoms with Gasteiger partial charge in [-0.1, -0.05) is 6.07 Å². The normalized spacial score (nSPS) is 35.1. The van der Waals surface area contributed by atoms with E-state index in [1.165, 1.54) is 0 Å². The molecule has 1 aliphatic carbocycles. The summed E-state index contributed by atoms with van der Waals surface area (Å²) in [5, 5.41) is 3.37. The van der Waals surface area contributed by atoms with E-state index in [-0.39, 0.29) is 11.8 Å². The van der Waals surface area contributed by atoms with Crippen molar-refractivity contribution in [2.75, 3.05) is 6.54 Å². The molecule has 0 aromatic carbocycles. The van der Waals surface area contributed by atoms with Crippen molar-refractivity contribution in [2.45, 2.75) is 18.4 Å². The first kappa shape index (κ1) is 8.12. The van der Waals surface area contributed by atoms with Gasteiger partial charge in [0.25, 0.3) is 0 Å². The van der Waals surface area contributed by atoms with E-state index in [0.717, 1.165) is 18.7 Å². The van der Waals surface area contributed by atoms with E-state index in [2.05, 4.69) is 10.3 Å². The molecule has 72 valence electrons. The smallest absolute Gasteiger partial charge is 0.147 e. The van der Waals surface area contributed by atoms with Crippen LogP contribution in [0.2, 0.25) is 0 Å². The zero-order valence-corrected chi connectivity index (χ0v) is 7.81. The Morgan fingerprint density at radius 1 is 1.43 bits per heavy atom. The van der Waals surface area contributed by atoms with Gasteiger partial charge in [0, 0.05) is 24.7 Å². The Morgan fingerprint density at radius 3 is 3.00 bits per heavy atom. The SMILES string of the molecule is O=C1[C@H]2CN[C@H](C2)[C@@H]1c1ccccn1. The molecule has 0 unspecified atom stereocenters. The number of pyridine rings is 1. The molecule has 1 N–H and O–H groups in total. The Kier molecular flexibility index (Phi) is 1.67. The zero-order chi connectivity index (χ0) is 9.54. The van der Waals surface area contributed by atoms with E-state index in [9.17, 15) is 4.79 Å². The van der Waals surface area contributed by atoms with Gasteiger partial charge in [0.1, 0.15) is 5.78 Å². The van der Waals surface area contributed by atoms with Crippen molar-refractivity contribution in [3.05, 3.63) is 30.1 Å². The second-order valence-electron chi connectivity index (χ2n) is 4.08. The highest BCUT2D eigenvalue weighted by molar-refractivity contribution is 5.91. The fourth-order valence-electron chi connectivity index (χ4n) is 2.60. The lowest BCUT2D eigenvalue weighted by molar-refractivity contribution is -0.122. The third-order valence-electron chi connectivity index (χ3n) is 3.28. The van der Waals surface area contributed by atoms with Gasteiger partial charge in [-0.2, -0.15) is 0 Å². The molecule has 1 aliphatic heterocycles. The number of piperidine rings is 1. The Morgan fingerprint density at radius 2 is 2.36 bits per heavy atom. The number of nitrogens with zero attached hydrogens (tertiary/aromatic N) is 1. The number of hydrogen-bond donors (Lipinski definition) is 1. The highest BCUT2D eigenvalue weighted by Gasteiger charge is 2.47. The van der Waals surface area contributed by atoms with Crippen molar-refractivity contribution < 1.29 is 4.79 Å². The van der Waals surface area contributed by atoms with Crippen molar-refractivity contribution in [1.82, 2.24) is 10.3 Å². The van der Waals surface area contributed by atoms with Crippen LogP contribution in [-0.4, -0.2) is 23.4 Å². The first-order valence-corrected chi connectivity index (χ1v) is 5.04. The van der Waals surface area contributed by atoms with E-state index in [1.807, 2.05) is 18.2 Å². The predicted molar refractivity (Wildman–Crippen MR) is 51.9 cm³/mol. The van der Waals surface area contributed by atoms with Crippen LogP contribution in [0.4, 0.5) is 0 Å². The van der Waals surface area contributed by atoms with E-state index in [4.69, 9.17) is 0 Å². The predicted octanol–water partition coefficient (Wildman–Crippen LogP) is 0.726. The lowest BCUT2D eigenvalue weighted by Crippen LogP contribution is -2.37. The van der Waals surface area contributed by atoms with Crippen molar-refractivity contribution in [1.29, 1.82) is 0 Å². The lowest BCUT2D eigenvalue weighted by atomic mass is 9.94. The maximum Gasteiger partial charge on any atom is 0.147 e. The van der Waals surface area contributed by atoms with Crippen molar-refractivity contribution in [2.24, 2.45) is 5.92 Å². The van der Waals surface area contributed by atoms with Gasteiger partial charge in [0.2, 0.25) is 0 Å². The topological polar surface area (TPSA) is 42.0 Å². The van der Waals surface area contributed by atoms with Crippen LogP contribution in [0.25, 0.3) is 0 Å². The first-order chi connectivity index (χ1) is 6.86. The van der Waals surface area contributed by atoms with Gasteiger partial charge in [0.05, 0.1) is 11.6 Å². The number of hydrogen-bond acceptors (Lipinski definition) is 3. The van der Waals surface area contributed by atoms with Crippen LogP contribution in [0.3, 0.4) is 0 Å². The Bertz CT molecular complexity index is 363. The van der Waals surface area contributed by atoms with Gasteiger partial charge in [-0.25, -0.2) is 0 Å². The van der Waals surface area contributed by atoms with Gasteiger partial charge in [-0.05, 0) is 18.6 Å². The summed E-state index contributed by atoms with van der Waals surface area (Å²) in [6.07, 6.45) is 2.76. The van der Waals surface area contributed by atoms with Crippen molar-refractivity contribution in [3.8, 4) is 0 Å². The van der Waals surface area contributed by atoms with Crippen LogP contribution in [-0.2, 0) is 4.79 Å². The summed E-state index contributed by atoms with van der Waals surface area (Å²) in [5.41, 5.74) is 0.928. The molecule has 1 aromatic rings. The number of aromatic nitrogens is 1. The standard InChI is InChI=1S/C11H12N2O/c14-11-7-5-9(13-6-7)10(11)8-3-1-2-4-12-8/h1-4,7,9-10,13H,5-6H2/t7-,9-,10+/m1/s1. The molecule has 3 nitrogen and oxygen atoms in total. The van der Waals surface area contributed by atoms with Crippen LogP contribution in [0.1, 0.15) is 18.0 Å². The van der Waals surface area contributed by atoms with Crippen LogP contribution >= 0.6 is 0 Å². The minimum absolute atomic E-state index is 0.00921. The van der Waals surface area contributed by atoms with Crippen LogP contribution < -0.4 is 5.32 Å². The second kappa shape index (κ2) is 2.89. The molecule has 2 fully saturated rings. The third-order valence-corrected chi connectivity index (χ3v) is 3.28. The summed E-state index contributed by atoms with van der Waals surface area (Å²) >= 11 is 0. The number of ketones is 1. The van der Waals surface area contributed by atoms with Gasteiger partial charge in [-0.3, -0.25) is 9.78 Å². The van der Waals surface area contributed by atoms with Gasteiger partial charge in [-0.15, -0.1) is 0 Å². The minimum Gasteiger partial charge on any atom is -0.312 e.